The van der Waals surface area contributed by atoms with Crippen LogP contribution in [0.2, 0.25) is 0 Å². The highest BCUT2D eigenvalue weighted by molar-refractivity contribution is 5.29. The molecule has 2 saturated carbocycles. The number of hydrogen-bond donors (Lipinski definition) is 0. The van der Waals surface area contributed by atoms with E-state index < -0.39 is 11.6 Å². The SMILES string of the molecule is CCc1ccc(C2CCC(C3CCC(C)CC3)CC2)c(F)c1F.[HH].[HH]. The van der Waals surface area contributed by atoms with Crippen molar-refractivity contribution in [3.05, 3.63) is 34.9 Å². The average Bonchev–Trinajstić information content (AvgIpc) is 2.58. The molecule has 0 nitrogen and oxygen atoms in total. The fourth-order valence-electron chi connectivity index (χ4n) is 4.85. The number of hydrogen-bond acceptors (Lipinski definition) is 0. The molecule has 0 N–H and O–H groups in total. The minimum absolute atomic E-state index is 0. The van der Waals surface area contributed by atoms with E-state index in [4.69, 9.17) is 0 Å². The largest absolute Gasteiger partial charge is 0.203 e. The second kappa shape index (κ2) is 7.32. The Hall–Kier alpha value is -0.920. The van der Waals surface area contributed by atoms with Gasteiger partial charge in [-0.15, -0.1) is 0 Å². The van der Waals surface area contributed by atoms with Crippen LogP contribution in [-0.4, -0.2) is 0 Å². The van der Waals surface area contributed by atoms with Gasteiger partial charge < -0.3 is 0 Å². The van der Waals surface area contributed by atoms with Gasteiger partial charge in [0.05, 0.1) is 0 Å². The predicted octanol–water partition coefficient (Wildman–Crippen LogP) is 7.12. The van der Waals surface area contributed by atoms with Gasteiger partial charge >= 0.3 is 0 Å². The van der Waals surface area contributed by atoms with Crippen molar-refractivity contribution in [1.29, 1.82) is 0 Å². The standard InChI is InChI=1S/C21H30F2.2H2/c1-3-15-12-13-19(21(23)20(15)22)18-10-8-17(9-11-18)16-6-4-14(2)5-7-16;;/h12-14,16-18H,3-11H2,1-2H3;2*1H. The highest BCUT2D eigenvalue weighted by atomic mass is 19.2. The van der Waals surface area contributed by atoms with Crippen molar-refractivity contribution >= 4 is 0 Å². The Kier molecular flexibility index (Phi) is 5.38. The monoisotopic (exact) mass is 324 g/mol. The van der Waals surface area contributed by atoms with E-state index in [1.807, 2.05) is 13.0 Å². The molecule has 2 aliphatic carbocycles. The van der Waals surface area contributed by atoms with Crippen LogP contribution in [0.25, 0.3) is 0 Å². The van der Waals surface area contributed by atoms with Gasteiger partial charge in [0.25, 0.3) is 0 Å². The summed E-state index contributed by atoms with van der Waals surface area (Å²) in [4.78, 5) is 0. The van der Waals surface area contributed by atoms with E-state index in [-0.39, 0.29) is 8.77 Å². The summed E-state index contributed by atoms with van der Waals surface area (Å²) in [5.41, 5.74) is 1.12. The Morgan fingerprint density at radius 3 is 2.00 bits per heavy atom. The summed E-state index contributed by atoms with van der Waals surface area (Å²) < 4.78 is 28.4. The number of benzene rings is 1. The van der Waals surface area contributed by atoms with Crippen LogP contribution >= 0.6 is 0 Å². The lowest BCUT2D eigenvalue weighted by atomic mass is 9.68. The molecule has 2 fully saturated rings. The van der Waals surface area contributed by atoms with Gasteiger partial charge in [0, 0.05) is 2.85 Å². The smallest absolute Gasteiger partial charge is 0.162 e. The van der Waals surface area contributed by atoms with Gasteiger partial charge in [-0.05, 0) is 79.7 Å². The molecule has 0 heterocycles. The van der Waals surface area contributed by atoms with E-state index in [9.17, 15) is 8.78 Å². The van der Waals surface area contributed by atoms with Crippen LogP contribution in [0.1, 0.15) is 85.1 Å². The molecular weight excluding hydrogens is 290 g/mol. The summed E-state index contributed by atoms with van der Waals surface area (Å²) in [6.45, 7) is 4.23. The Bertz CT molecular complexity index is 531. The first-order chi connectivity index (χ1) is 11.1. The van der Waals surface area contributed by atoms with Gasteiger partial charge in [0.2, 0.25) is 0 Å². The molecule has 0 unspecified atom stereocenters. The first kappa shape index (κ1) is 16.9. The average molecular weight is 324 g/mol. The third kappa shape index (κ3) is 3.61. The maximum atomic E-state index is 14.4. The van der Waals surface area contributed by atoms with Crippen LogP contribution in [0.15, 0.2) is 12.1 Å². The quantitative estimate of drug-likeness (QED) is 0.555. The van der Waals surface area contributed by atoms with Crippen LogP contribution in [-0.2, 0) is 6.42 Å². The Balaban J connectivity index is 0.00000156. The first-order valence-corrected chi connectivity index (χ1v) is 9.56. The van der Waals surface area contributed by atoms with Crippen LogP contribution < -0.4 is 0 Å². The normalized spacial score (nSPS) is 32.0. The molecule has 2 aliphatic rings. The van der Waals surface area contributed by atoms with E-state index in [2.05, 4.69) is 6.92 Å². The van der Waals surface area contributed by atoms with Crippen molar-refractivity contribution in [1.82, 2.24) is 0 Å². The van der Waals surface area contributed by atoms with Crippen molar-refractivity contribution in [3.8, 4) is 0 Å². The summed E-state index contributed by atoms with van der Waals surface area (Å²) in [6, 6.07) is 3.62. The topological polar surface area (TPSA) is 0 Å². The lowest BCUT2D eigenvalue weighted by Crippen LogP contribution is -2.25. The number of halogens is 2. The van der Waals surface area contributed by atoms with Gasteiger partial charge in [-0.1, -0.05) is 38.8 Å². The van der Waals surface area contributed by atoms with Gasteiger partial charge in [-0.2, -0.15) is 0 Å². The van der Waals surface area contributed by atoms with E-state index in [1.54, 1.807) is 6.07 Å². The summed E-state index contributed by atoms with van der Waals surface area (Å²) >= 11 is 0. The van der Waals surface area contributed by atoms with Crippen molar-refractivity contribution in [2.75, 3.05) is 0 Å². The molecule has 0 aliphatic heterocycles. The molecule has 0 saturated heterocycles. The molecular formula is C21H34F2. The molecule has 0 bridgehead atoms. The first-order valence-electron chi connectivity index (χ1n) is 9.56. The predicted molar refractivity (Wildman–Crippen MR) is 95.8 cm³/mol. The zero-order valence-corrected chi connectivity index (χ0v) is 14.6. The Morgan fingerprint density at radius 2 is 1.43 bits per heavy atom. The van der Waals surface area contributed by atoms with Crippen LogP contribution in [0.5, 0.6) is 0 Å². The summed E-state index contributed by atoms with van der Waals surface area (Å²) in [5.74, 6) is 1.62. The lowest BCUT2D eigenvalue weighted by Gasteiger charge is -2.37. The van der Waals surface area contributed by atoms with E-state index >= 15 is 0 Å². The van der Waals surface area contributed by atoms with Crippen LogP contribution in [0, 0.1) is 29.4 Å². The van der Waals surface area contributed by atoms with Crippen molar-refractivity contribution < 1.29 is 11.6 Å². The Labute approximate surface area is 142 Å². The Morgan fingerprint density at radius 1 is 0.870 bits per heavy atom. The zero-order chi connectivity index (χ0) is 16.4. The number of rotatable bonds is 3. The fourth-order valence-corrected chi connectivity index (χ4v) is 4.85. The summed E-state index contributed by atoms with van der Waals surface area (Å²) in [7, 11) is 0. The van der Waals surface area contributed by atoms with E-state index in [1.165, 1.54) is 38.5 Å². The van der Waals surface area contributed by atoms with Crippen molar-refractivity contribution in [2.24, 2.45) is 17.8 Å². The molecule has 23 heavy (non-hydrogen) atoms. The summed E-state index contributed by atoms with van der Waals surface area (Å²) in [5, 5.41) is 0. The molecule has 3 rings (SSSR count). The highest BCUT2D eigenvalue weighted by Gasteiger charge is 2.31. The highest BCUT2D eigenvalue weighted by Crippen LogP contribution is 2.44. The van der Waals surface area contributed by atoms with Gasteiger partial charge in [-0.3, -0.25) is 0 Å². The molecule has 2 heteroatoms. The van der Waals surface area contributed by atoms with Gasteiger partial charge in [-0.25, -0.2) is 8.78 Å². The zero-order valence-electron chi connectivity index (χ0n) is 14.6. The van der Waals surface area contributed by atoms with Gasteiger partial charge in [0.15, 0.2) is 11.6 Å². The van der Waals surface area contributed by atoms with E-state index in [0.717, 1.165) is 30.6 Å². The second-order valence-corrected chi connectivity index (χ2v) is 7.93. The third-order valence-electron chi connectivity index (χ3n) is 6.51. The fraction of sp³-hybridized carbons (Fsp3) is 0.714. The van der Waals surface area contributed by atoms with Gasteiger partial charge in [0.1, 0.15) is 0 Å². The third-order valence-corrected chi connectivity index (χ3v) is 6.51. The molecule has 1 aromatic carbocycles. The lowest BCUT2D eigenvalue weighted by molar-refractivity contribution is 0.164. The van der Waals surface area contributed by atoms with E-state index in [0.29, 0.717) is 17.5 Å². The maximum Gasteiger partial charge on any atom is 0.162 e. The van der Waals surface area contributed by atoms with Crippen LogP contribution in [0.3, 0.4) is 0 Å². The molecule has 0 spiro atoms. The van der Waals surface area contributed by atoms with Crippen molar-refractivity contribution in [2.45, 2.75) is 77.6 Å². The molecule has 132 valence electrons. The molecule has 0 aromatic heterocycles. The molecule has 0 amide bonds. The molecule has 0 radical (unpaired) electrons. The molecule has 0 atom stereocenters. The maximum absolute atomic E-state index is 14.4. The summed E-state index contributed by atoms with van der Waals surface area (Å²) in [6.07, 6.45) is 10.5. The second-order valence-electron chi connectivity index (χ2n) is 7.93. The minimum atomic E-state index is -0.617. The van der Waals surface area contributed by atoms with Crippen LogP contribution in [0.4, 0.5) is 8.78 Å². The molecule has 1 aromatic rings. The number of aryl methyl sites for hydroxylation is 1. The van der Waals surface area contributed by atoms with Crippen molar-refractivity contribution in [3.63, 3.8) is 0 Å². The minimum Gasteiger partial charge on any atom is -0.203 e.